The van der Waals surface area contributed by atoms with Gasteiger partial charge in [0.15, 0.2) is 23.2 Å². The number of allylic oxidation sites excluding steroid dienone is 1. The zero-order valence-corrected chi connectivity index (χ0v) is 15.7. The van der Waals surface area contributed by atoms with E-state index in [0.29, 0.717) is 22.8 Å². The number of rotatable bonds is 8. The molecule has 0 saturated heterocycles. The van der Waals surface area contributed by atoms with Gasteiger partial charge >= 0.3 is 6.18 Å². The number of anilines is 1. The molecule has 27 heavy (non-hydrogen) atoms. The van der Waals surface area contributed by atoms with Crippen LogP contribution < -0.4 is 14.4 Å². The number of nitrogens with zero attached hydrogens (tertiary/aromatic N) is 2. The Bertz CT molecular complexity index is 805. The van der Waals surface area contributed by atoms with Gasteiger partial charge in [0.25, 0.3) is 5.91 Å². The number of hydrogen-bond donors (Lipinski definition) is 0. The minimum atomic E-state index is -4.56. The largest absolute Gasteiger partial charge is 0.493 e. The Labute approximate surface area is 159 Å². The number of aryl methyl sites for hydroxylation is 1. The molecule has 1 heterocycles. The summed E-state index contributed by atoms with van der Waals surface area (Å²) < 4.78 is 49.2. The lowest BCUT2D eigenvalue weighted by atomic mass is 10.1. The van der Waals surface area contributed by atoms with E-state index in [4.69, 9.17) is 9.47 Å². The normalized spacial score (nSPS) is 11.1. The van der Waals surface area contributed by atoms with Gasteiger partial charge in [-0.05, 0) is 31.0 Å². The van der Waals surface area contributed by atoms with Gasteiger partial charge in [-0.2, -0.15) is 13.2 Å². The minimum Gasteiger partial charge on any atom is -0.493 e. The van der Waals surface area contributed by atoms with Gasteiger partial charge in [0.1, 0.15) is 6.54 Å². The zero-order chi connectivity index (χ0) is 20.0. The Balaban J connectivity index is 2.14. The van der Waals surface area contributed by atoms with Crippen molar-refractivity contribution in [2.75, 3.05) is 25.2 Å². The van der Waals surface area contributed by atoms with Crippen LogP contribution in [0.25, 0.3) is 0 Å². The van der Waals surface area contributed by atoms with Gasteiger partial charge in [0.2, 0.25) is 0 Å². The van der Waals surface area contributed by atoms with E-state index in [1.165, 1.54) is 7.11 Å². The number of halogens is 3. The molecule has 0 aliphatic rings. The van der Waals surface area contributed by atoms with Crippen LogP contribution in [0.2, 0.25) is 0 Å². The summed E-state index contributed by atoms with van der Waals surface area (Å²) in [6, 6.07) is 5.09. The van der Waals surface area contributed by atoms with Crippen LogP contribution >= 0.6 is 11.3 Å². The maximum Gasteiger partial charge on any atom is 0.406 e. The molecule has 1 aromatic carbocycles. The van der Waals surface area contributed by atoms with E-state index in [1.54, 1.807) is 36.6 Å². The SMILES string of the molecule is C=CCc1ccc(OCC(=O)N(CC(F)(F)F)c2nc(C)cs2)c(OC)c1. The van der Waals surface area contributed by atoms with Crippen molar-refractivity contribution in [1.29, 1.82) is 0 Å². The third kappa shape index (κ3) is 5.99. The first-order valence-electron chi connectivity index (χ1n) is 7.93. The van der Waals surface area contributed by atoms with Gasteiger partial charge in [-0.1, -0.05) is 12.1 Å². The van der Waals surface area contributed by atoms with Crippen LogP contribution in [-0.4, -0.2) is 37.3 Å². The highest BCUT2D eigenvalue weighted by Gasteiger charge is 2.35. The highest BCUT2D eigenvalue weighted by atomic mass is 32.1. The van der Waals surface area contributed by atoms with Gasteiger partial charge in [-0.15, -0.1) is 17.9 Å². The second kappa shape index (κ2) is 8.90. The molecule has 0 atom stereocenters. The van der Waals surface area contributed by atoms with Crippen molar-refractivity contribution < 1.29 is 27.4 Å². The van der Waals surface area contributed by atoms with E-state index >= 15 is 0 Å². The summed E-state index contributed by atoms with van der Waals surface area (Å²) in [5.41, 5.74) is 1.47. The molecule has 0 aliphatic carbocycles. The van der Waals surface area contributed by atoms with Crippen LogP contribution in [0.5, 0.6) is 11.5 Å². The topological polar surface area (TPSA) is 51.7 Å². The number of methoxy groups -OCH3 is 1. The lowest BCUT2D eigenvalue weighted by Crippen LogP contribution is -2.41. The van der Waals surface area contributed by atoms with E-state index in [9.17, 15) is 18.0 Å². The molecule has 2 aromatic rings. The van der Waals surface area contributed by atoms with E-state index in [0.717, 1.165) is 16.9 Å². The molecule has 0 saturated carbocycles. The first kappa shape index (κ1) is 20.8. The first-order chi connectivity index (χ1) is 12.7. The summed E-state index contributed by atoms with van der Waals surface area (Å²) in [5.74, 6) is -0.200. The van der Waals surface area contributed by atoms with E-state index in [-0.39, 0.29) is 10.9 Å². The molecule has 0 bridgehead atoms. The third-order valence-electron chi connectivity index (χ3n) is 3.44. The van der Waals surface area contributed by atoms with Crippen molar-refractivity contribution in [3.8, 4) is 11.5 Å². The number of hydrogen-bond acceptors (Lipinski definition) is 5. The van der Waals surface area contributed by atoms with Crippen molar-refractivity contribution in [3.05, 3.63) is 47.5 Å². The fraction of sp³-hybridized carbons (Fsp3) is 0.333. The van der Waals surface area contributed by atoms with Gasteiger partial charge in [0, 0.05) is 5.38 Å². The summed E-state index contributed by atoms with van der Waals surface area (Å²) in [5, 5.41) is 1.56. The van der Waals surface area contributed by atoms with E-state index in [1.807, 2.05) is 0 Å². The van der Waals surface area contributed by atoms with Crippen LogP contribution in [-0.2, 0) is 11.2 Å². The van der Waals surface area contributed by atoms with Crippen molar-refractivity contribution in [1.82, 2.24) is 4.98 Å². The zero-order valence-electron chi connectivity index (χ0n) is 14.9. The molecule has 9 heteroatoms. The molecule has 0 fully saturated rings. The van der Waals surface area contributed by atoms with Crippen LogP contribution in [0, 0.1) is 6.92 Å². The highest BCUT2D eigenvalue weighted by molar-refractivity contribution is 7.14. The standard InChI is InChI=1S/C18H19F3N2O3S/c1-4-5-13-6-7-14(15(8-13)25-3)26-9-16(24)23(11-18(19,20)21)17-22-12(2)10-27-17/h4,6-8,10H,1,5,9,11H2,2-3H3. The molecular formula is C18H19F3N2O3S. The Hall–Kier alpha value is -2.55. The average molecular weight is 400 g/mol. The van der Waals surface area contributed by atoms with Crippen molar-refractivity contribution in [2.24, 2.45) is 0 Å². The average Bonchev–Trinajstić information content (AvgIpc) is 3.03. The third-order valence-corrected chi connectivity index (χ3v) is 4.42. The number of carbonyl (C=O) groups excluding carboxylic acids is 1. The first-order valence-corrected chi connectivity index (χ1v) is 8.81. The molecule has 0 radical (unpaired) electrons. The summed E-state index contributed by atoms with van der Waals surface area (Å²) >= 11 is 0.968. The molecule has 0 N–H and O–H groups in total. The molecule has 2 rings (SSSR count). The predicted molar refractivity (Wildman–Crippen MR) is 97.6 cm³/mol. The van der Waals surface area contributed by atoms with Crippen molar-refractivity contribution in [2.45, 2.75) is 19.5 Å². The van der Waals surface area contributed by atoms with Gasteiger partial charge in [0.05, 0.1) is 12.8 Å². The Morgan fingerprint density at radius 2 is 2.11 bits per heavy atom. The summed E-state index contributed by atoms with van der Waals surface area (Å²) in [6.45, 7) is 3.28. The number of amides is 1. The van der Waals surface area contributed by atoms with Crippen LogP contribution in [0.4, 0.5) is 18.3 Å². The van der Waals surface area contributed by atoms with E-state index < -0.39 is 25.2 Å². The fourth-order valence-electron chi connectivity index (χ4n) is 2.25. The van der Waals surface area contributed by atoms with Gasteiger partial charge in [-0.3, -0.25) is 9.69 Å². The summed E-state index contributed by atoms with van der Waals surface area (Å²) in [6.07, 6.45) is -2.21. The molecule has 146 valence electrons. The lowest BCUT2D eigenvalue weighted by molar-refractivity contribution is -0.133. The lowest BCUT2D eigenvalue weighted by Gasteiger charge is -2.21. The van der Waals surface area contributed by atoms with Gasteiger partial charge in [-0.25, -0.2) is 4.98 Å². The summed E-state index contributed by atoms with van der Waals surface area (Å²) in [4.78, 5) is 16.9. The maximum absolute atomic E-state index is 12.9. The van der Waals surface area contributed by atoms with Crippen molar-refractivity contribution in [3.63, 3.8) is 0 Å². The number of thiazole rings is 1. The smallest absolute Gasteiger partial charge is 0.406 e. The Morgan fingerprint density at radius 1 is 1.37 bits per heavy atom. The molecule has 5 nitrogen and oxygen atoms in total. The molecule has 0 spiro atoms. The molecule has 0 aliphatic heterocycles. The van der Waals surface area contributed by atoms with Crippen LogP contribution in [0.15, 0.2) is 36.2 Å². The monoisotopic (exact) mass is 400 g/mol. The van der Waals surface area contributed by atoms with Crippen LogP contribution in [0.3, 0.4) is 0 Å². The fourth-order valence-corrected chi connectivity index (χ4v) is 3.07. The maximum atomic E-state index is 12.9. The Kier molecular flexibility index (Phi) is 6.84. The second-order valence-electron chi connectivity index (χ2n) is 5.63. The summed E-state index contributed by atoms with van der Waals surface area (Å²) in [7, 11) is 1.44. The van der Waals surface area contributed by atoms with Crippen molar-refractivity contribution >= 4 is 22.4 Å². The predicted octanol–water partition coefficient (Wildman–Crippen LogP) is 4.16. The quantitative estimate of drug-likeness (QED) is 0.625. The number of ether oxygens (including phenoxy) is 2. The molecular weight excluding hydrogens is 381 g/mol. The molecule has 1 amide bonds. The molecule has 0 unspecified atom stereocenters. The number of aromatic nitrogens is 1. The second-order valence-corrected chi connectivity index (χ2v) is 6.47. The molecule has 1 aromatic heterocycles. The van der Waals surface area contributed by atoms with E-state index in [2.05, 4.69) is 11.6 Å². The number of carbonyl (C=O) groups is 1. The Morgan fingerprint density at radius 3 is 2.67 bits per heavy atom. The minimum absolute atomic E-state index is 0.0216. The van der Waals surface area contributed by atoms with Crippen LogP contribution in [0.1, 0.15) is 11.3 Å². The highest BCUT2D eigenvalue weighted by Crippen LogP contribution is 2.29. The number of alkyl halides is 3. The number of benzene rings is 1. The van der Waals surface area contributed by atoms with Gasteiger partial charge < -0.3 is 9.47 Å².